The van der Waals surface area contributed by atoms with Crippen LogP contribution < -0.4 is 0 Å². The van der Waals surface area contributed by atoms with Crippen molar-refractivity contribution in [1.82, 2.24) is 0 Å². The molecule has 54 valence electrons. The van der Waals surface area contributed by atoms with Crippen molar-refractivity contribution < 1.29 is 4.74 Å². The lowest BCUT2D eigenvalue weighted by Crippen LogP contribution is -1.70. The molecule has 0 saturated heterocycles. The average Bonchev–Trinajstić information content (AvgIpc) is 1.88. The Hall–Kier alpha value is -0.720. The molecule has 0 aromatic rings. The van der Waals surface area contributed by atoms with Crippen molar-refractivity contribution >= 4 is 0 Å². The Labute approximate surface area is 58.0 Å². The van der Waals surface area contributed by atoms with Gasteiger partial charge in [-0.3, -0.25) is 0 Å². The minimum atomic E-state index is 0.720. The van der Waals surface area contributed by atoms with Crippen LogP contribution in [-0.2, 0) is 4.74 Å². The van der Waals surface area contributed by atoms with Gasteiger partial charge in [0.15, 0.2) is 0 Å². The molecular formula is C8H16O. The van der Waals surface area contributed by atoms with Crippen molar-refractivity contribution in [2.75, 3.05) is 0 Å². The van der Waals surface area contributed by atoms with Gasteiger partial charge in [0.1, 0.15) is 0 Å². The van der Waals surface area contributed by atoms with Crippen LogP contribution in [0.1, 0.15) is 27.7 Å². The molecule has 0 bridgehead atoms. The van der Waals surface area contributed by atoms with Crippen molar-refractivity contribution in [2.45, 2.75) is 27.7 Å². The molecule has 0 aromatic carbocycles. The lowest BCUT2D eigenvalue weighted by Gasteiger charge is -1.91. The molecule has 0 amide bonds. The molecule has 0 aliphatic rings. The van der Waals surface area contributed by atoms with Crippen LogP contribution in [0.3, 0.4) is 0 Å². The summed E-state index contributed by atoms with van der Waals surface area (Å²) in [4.78, 5) is 0. The van der Waals surface area contributed by atoms with Crippen molar-refractivity contribution in [1.29, 1.82) is 0 Å². The third kappa shape index (κ3) is 18.9. The van der Waals surface area contributed by atoms with Gasteiger partial charge in [0.05, 0.1) is 12.0 Å². The second-order valence-corrected chi connectivity index (χ2v) is 1.29. The highest BCUT2D eigenvalue weighted by Crippen LogP contribution is 1.88. The van der Waals surface area contributed by atoms with E-state index in [1.54, 1.807) is 13.2 Å². The van der Waals surface area contributed by atoms with E-state index in [-0.39, 0.29) is 0 Å². The van der Waals surface area contributed by atoms with Gasteiger partial charge >= 0.3 is 0 Å². The van der Waals surface area contributed by atoms with Gasteiger partial charge in [-0.25, -0.2) is 0 Å². The summed E-state index contributed by atoms with van der Waals surface area (Å²) >= 11 is 0. The molecule has 9 heavy (non-hydrogen) atoms. The Balaban J connectivity index is 0. The summed E-state index contributed by atoms with van der Waals surface area (Å²) in [6, 6.07) is 0. The van der Waals surface area contributed by atoms with Gasteiger partial charge < -0.3 is 4.74 Å². The quantitative estimate of drug-likeness (QED) is 0.519. The van der Waals surface area contributed by atoms with E-state index in [1.807, 2.05) is 26.8 Å². The van der Waals surface area contributed by atoms with Crippen molar-refractivity contribution in [3.63, 3.8) is 0 Å². The molecule has 0 aliphatic heterocycles. The van der Waals surface area contributed by atoms with E-state index in [0.29, 0.717) is 0 Å². The van der Waals surface area contributed by atoms with Gasteiger partial charge in [-0.15, -0.1) is 0 Å². The van der Waals surface area contributed by atoms with Crippen LogP contribution in [0.25, 0.3) is 0 Å². The fourth-order valence-corrected chi connectivity index (χ4v) is 0.184. The maximum atomic E-state index is 4.82. The van der Waals surface area contributed by atoms with Crippen LogP contribution in [0.2, 0.25) is 0 Å². The van der Waals surface area contributed by atoms with Crippen LogP contribution in [0.5, 0.6) is 0 Å². The van der Waals surface area contributed by atoms with E-state index in [2.05, 4.69) is 6.58 Å². The predicted molar refractivity (Wildman–Crippen MR) is 42.1 cm³/mol. The van der Waals surface area contributed by atoms with Crippen molar-refractivity contribution in [3.05, 3.63) is 24.7 Å². The summed E-state index contributed by atoms with van der Waals surface area (Å²) in [7, 11) is 0. The van der Waals surface area contributed by atoms with E-state index < -0.39 is 0 Å². The maximum absolute atomic E-state index is 4.82. The number of hydrogen-bond donors (Lipinski definition) is 0. The van der Waals surface area contributed by atoms with Crippen LogP contribution in [0, 0.1) is 0 Å². The second kappa shape index (κ2) is 10.3. The average molecular weight is 128 g/mol. The zero-order valence-electron chi connectivity index (χ0n) is 6.77. The van der Waals surface area contributed by atoms with Gasteiger partial charge in [-0.2, -0.15) is 0 Å². The molecule has 0 N–H and O–H groups in total. The zero-order chi connectivity index (χ0) is 7.70. The molecule has 0 aromatic heterocycles. The van der Waals surface area contributed by atoms with Crippen LogP contribution in [-0.4, -0.2) is 0 Å². The Kier molecular flexibility index (Phi) is 12.7. The minimum absolute atomic E-state index is 0.720. The summed E-state index contributed by atoms with van der Waals surface area (Å²) in [5.74, 6) is 0.720. The summed E-state index contributed by atoms with van der Waals surface area (Å²) in [6.07, 6.45) is 3.41. The molecule has 0 radical (unpaired) electrons. The monoisotopic (exact) mass is 128 g/mol. The Morgan fingerprint density at radius 3 is 2.00 bits per heavy atom. The van der Waals surface area contributed by atoms with Gasteiger partial charge in [0, 0.05) is 0 Å². The predicted octanol–water partition coefficient (Wildman–Crippen LogP) is 3.10. The molecule has 0 fully saturated rings. The largest absolute Gasteiger partial charge is 0.471 e. The van der Waals surface area contributed by atoms with E-state index in [4.69, 9.17) is 4.74 Å². The maximum Gasteiger partial charge on any atom is 0.0929 e. The molecule has 0 atom stereocenters. The van der Waals surface area contributed by atoms with Crippen LogP contribution >= 0.6 is 0 Å². The Morgan fingerprint density at radius 2 is 1.89 bits per heavy atom. The summed E-state index contributed by atoms with van der Waals surface area (Å²) in [5, 5.41) is 0. The number of hydrogen-bond acceptors (Lipinski definition) is 1. The molecule has 1 heteroatoms. The molecule has 0 spiro atoms. The number of rotatable bonds is 2. The summed E-state index contributed by atoms with van der Waals surface area (Å²) < 4.78 is 4.82. The third-order valence-electron chi connectivity index (χ3n) is 0.405. The first-order chi connectivity index (χ1) is 4.27. The molecule has 0 heterocycles. The first kappa shape index (κ1) is 11.1. The first-order valence-corrected chi connectivity index (χ1v) is 3.20. The number of allylic oxidation sites excluding steroid dienone is 2. The highest BCUT2D eigenvalue weighted by molar-refractivity contribution is 4.79. The normalized spacial score (nSPS) is 8.00. The fourth-order valence-electron chi connectivity index (χ4n) is 0.184. The van der Waals surface area contributed by atoms with Gasteiger partial charge in [0.2, 0.25) is 0 Å². The second-order valence-electron chi connectivity index (χ2n) is 1.29. The van der Waals surface area contributed by atoms with Crippen molar-refractivity contribution in [2.24, 2.45) is 0 Å². The topological polar surface area (TPSA) is 9.23 Å². The third-order valence-corrected chi connectivity index (χ3v) is 0.405. The Morgan fingerprint density at radius 1 is 1.44 bits per heavy atom. The SMILES string of the molecule is C=C(C)O/C=C\C.CC. The van der Waals surface area contributed by atoms with Crippen LogP contribution in [0.4, 0.5) is 0 Å². The number of ether oxygens (including phenoxy) is 1. The minimum Gasteiger partial charge on any atom is -0.471 e. The van der Waals surface area contributed by atoms with Gasteiger partial charge in [-0.1, -0.05) is 26.5 Å². The Bertz CT molecular complexity index is 82.6. The standard InChI is InChI=1S/C6H10O.C2H6/c1-4-5-7-6(2)3;1-2/h4-5H,2H2,1,3H3;1-2H3/b5-4-;. The lowest BCUT2D eigenvalue weighted by molar-refractivity contribution is 0.355. The van der Waals surface area contributed by atoms with E-state index in [9.17, 15) is 0 Å². The molecule has 0 aliphatic carbocycles. The van der Waals surface area contributed by atoms with Crippen LogP contribution in [0.15, 0.2) is 24.7 Å². The molecule has 1 nitrogen and oxygen atoms in total. The first-order valence-electron chi connectivity index (χ1n) is 3.20. The van der Waals surface area contributed by atoms with Gasteiger partial charge in [-0.05, 0) is 13.8 Å². The van der Waals surface area contributed by atoms with E-state index in [0.717, 1.165) is 5.76 Å². The highest BCUT2D eigenvalue weighted by atomic mass is 16.5. The molecule has 0 saturated carbocycles. The van der Waals surface area contributed by atoms with E-state index in [1.165, 1.54) is 0 Å². The van der Waals surface area contributed by atoms with Gasteiger partial charge in [0.25, 0.3) is 0 Å². The van der Waals surface area contributed by atoms with Crippen molar-refractivity contribution in [3.8, 4) is 0 Å². The molecule has 0 unspecified atom stereocenters. The highest BCUT2D eigenvalue weighted by Gasteiger charge is 1.71. The summed E-state index contributed by atoms with van der Waals surface area (Å²) in [5.41, 5.74) is 0. The summed E-state index contributed by atoms with van der Waals surface area (Å²) in [6.45, 7) is 11.2. The lowest BCUT2D eigenvalue weighted by atomic mass is 10.6. The zero-order valence-corrected chi connectivity index (χ0v) is 6.77. The fraction of sp³-hybridized carbons (Fsp3) is 0.500. The molecular weight excluding hydrogens is 112 g/mol. The smallest absolute Gasteiger partial charge is 0.0929 e. The molecule has 0 rings (SSSR count). The van der Waals surface area contributed by atoms with E-state index >= 15 is 0 Å².